The first-order valence-corrected chi connectivity index (χ1v) is 6.91. The van der Waals surface area contributed by atoms with Gasteiger partial charge in [0, 0.05) is 13.1 Å². The second-order valence-electron chi connectivity index (χ2n) is 4.81. The van der Waals surface area contributed by atoms with Crippen molar-refractivity contribution in [3.8, 4) is 11.5 Å². The van der Waals surface area contributed by atoms with Crippen molar-refractivity contribution in [2.24, 2.45) is 0 Å². The fourth-order valence-electron chi connectivity index (χ4n) is 2.00. The molecule has 0 amide bonds. The number of hydrogen-bond acceptors (Lipinski definition) is 3. The summed E-state index contributed by atoms with van der Waals surface area (Å²) in [4.78, 5) is 0. The second-order valence-corrected chi connectivity index (χ2v) is 4.81. The molecule has 0 aliphatic heterocycles. The molecule has 3 nitrogen and oxygen atoms in total. The van der Waals surface area contributed by atoms with E-state index in [0.29, 0.717) is 19.7 Å². The Morgan fingerprint density at radius 2 is 2.00 bits per heavy atom. The zero-order valence-corrected chi connectivity index (χ0v) is 12.4. The predicted octanol–water partition coefficient (Wildman–Crippen LogP) is 3.31. The fourth-order valence-corrected chi connectivity index (χ4v) is 2.00. The van der Waals surface area contributed by atoms with Crippen LogP contribution in [0.4, 0.5) is 4.39 Å². The predicted molar refractivity (Wildman–Crippen MR) is 81.3 cm³/mol. The van der Waals surface area contributed by atoms with Gasteiger partial charge in [0.1, 0.15) is 12.4 Å². The molecule has 0 spiro atoms. The third-order valence-electron chi connectivity index (χ3n) is 3.08. The van der Waals surface area contributed by atoms with Crippen LogP contribution < -0.4 is 14.8 Å². The summed E-state index contributed by atoms with van der Waals surface area (Å²) in [7, 11) is 1.46. The van der Waals surface area contributed by atoms with Crippen molar-refractivity contribution < 1.29 is 13.9 Å². The highest BCUT2D eigenvalue weighted by atomic mass is 19.1. The van der Waals surface area contributed by atoms with Crippen molar-refractivity contribution in [2.75, 3.05) is 20.3 Å². The molecule has 0 aliphatic carbocycles. The Kier molecular flexibility index (Phi) is 5.58. The minimum absolute atomic E-state index is 0.265. The first kappa shape index (κ1) is 15.3. The molecule has 0 unspecified atom stereocenters. The van der Waals surface area contributed by atoms with Gasteiger partial charge in [0.25, 0.3) is 0 Å². The van der Waals surface area contributed by atoms with Gasteiger partial charge >= 0.3 is 0 Å². The van der Waals surface area contributed by atoms with Crippen LogP contribution in [-0.2, 0) is 6.54 Å². The number of nitrogens with one attached hydrogen (secondary N) is 1. The molecule has 0 atom stereocenters. The van der Waals surface area contributed by atoms with Crippen molar-refractivity contribution in [2.45, 2.75) is 13.5 Å². The van der Waals surface area contributed by atoms with Crippen LogP contribution in [0.15, 0.2) is 42.5 Å². The van der Waals surface area contributed by atoms with E-state index in [1.165, 1.54) is 18.7 Å². The zero-order valence-electron chi connectivity index (χ0n) is 12.4. The number of rotatable bonds is 7. The molecule has 21 heavy (non-hydrogen) atoms. The number of methoxy groups -OCH3 is 1. The smallest absolute Gasteiger partial charge is 0.165 e. The van der Waals surface area contributed by atoms with Crippen LogP contribution in [0.25, 0.3) is 0 Å². The number of hydrogen-bond donors (Lipinski definition) is 1. The Morgan fingerprint density at radius 1 is 1.14 bits per heavy atom. The molecule has 0 aliphatic rings. The average Bonchev–Trinajstić information content (AvgIpc) is 2.47. The molecule has 0 heterocycles. The lowest BCUT2D eigenvalue weighted by atomic mass is 10.2. The Bertz CT molecular complexity index is 587. The van der Waals surface area contributed by atoms with Crippen LogP contribution in [0.2, 0.25) is 0 Å². The van der Waals surface area contributed by atoms with Gasteiger partial charge in [-0.25, -0.2) is 4.39 Å². The number of benzene rings is 2. The summed E-state index contributed by atoms with van der Waals surface area (Å²) >= 11 is 0. The van der Waals surface area contributed by atoms with Crippen LogP contribution in [0.3, 0.4) is 0 Å². The molecule has 0 saturated carbocycles. The second kappa shape index (κ2) is 7.64. The van der Waals surface area contributed by atoms with Crippen LogP contribution >= 0.6 is 0 Å². The quantitative estimate of drug-likeness (QED) is 0.793. The van der Waals surface area contributed by atoms with Crippen molar-refractivity contribution >= 4 is 0 Å². The maximum Gasteiger partial charge on any atom is 0.165 e. The molecule has 1 N–H and O–H groups in total. The highest BCUT2D eigenvalue weighted by Gasteiger charge is 2.03. The maximum atomic E-state index is 13.5. The van der Waals surface area contributed by atoms with E-state index in [9.17, 15) is 4.39 Å². The van der Waals surface area contributed by atoms with Gasteiger partial charge in [-0.15, -0.1) is 0 Å². The van der Waals surface area contributed by atoms with Crippen molar-refractivity contribution in [3.05, 3.63) is 59.4 Å². The third kappa shape index (κ3) is 4.76. The lowest BCUT2D eigenvalue weighted by Crippen LogP contribution is -2.20. The Morgan fingerprint density at radius 3 is 2.71 bits per heavy atom. The molecule has 112 valence electrons. The molecule has 0 fully saturated rings. The Hall–Kier alpha value is -2.07. The number of halogens is 1. The minimum atomic E-state index is -0.340. The first-order valence-electron chi connectivity index (χ1n) is 6.91. The summed E-state index contributed by atoms with van der Waals surface area (Å²) in [6.07, 6.45) is 0. The van der Waals surface area contributed by atoms with Gasteiger partial charge in [-0.3, -0.25) is 0 Å². The van der Waals surface area contributed by atoms with E-state index in [4.69, 9.17) is 9.47 Å². The highest BCUT2D eigenvalue weighted by molar-refractivity contribution is 5.29. The molecule has 4 heteroatoms. The first-order chi connectivity index (χ1) is 10.2. The van der Waals surface area contributed by atoms with E-state index in [2.05, 4.69) is 5.32 Å². The van der Waals surface area contributed by atoms with Gasteiger partial charge in [0.15, 0.2) is 11.6 Å². The molecule has 0 aromatic heterocycles. The SMILES string of the molecule is COc1ccc(CNCCOc2cccc(C)c2)cc1F. The summed E-state index contributed by atoms with van der Waals surface area (Å²) in [5.74, 6) is 0.793. The van der Waals surface area contributed by atoms with E-state index in [0.717, 1.165) is 11.3 Å². The highest BCUT2D eigenvalue weighted by Crippen LogP contribution is 2.17. The topological polar surface area (TPSA) is 30.5 Å². The van der Waals surface area contributed by atoms with Crippen LogP contribution in [0, 0.1) is 12.7 Å². The van der Waals surface area contributed by atoms with E-state index >= 15 is 0 Å². The monoisotopic (exact) mass is 289 g/mol. The Labute approximate surface area is 124 Å². The van der Waals surface area contributed by atoms with Crippen LogP contribution in [-0.4, -0.2) is 20.3 Å². The average molecular weight is 289 g/mol. The zero-order chi connectivity index (χ0) is 15.1. The van der Waals surface area contributed by atoms with E-state index in [-0.39, 0.29) is 11.6 Å². The van der Waals surface area contributed by atoms with Crippen LogP contribution in [0.1, 0.15) is 11.1 Å². The van der Waals surface area contributed by atoms with E-state index < -0.39 is 0 Å². The lowest BCUT2D eigenvalue weighted by molar-refractivity contribution is 0.313. The maximum absolute atomic E-state index is 13.5. The summed E-state index contributed by atoms with van der Waals surface area (Å²) in [6.45, 7) is 3.89. The molecule has 2 aromatic rings. The lowest BCUT2D eigenvalue weighted by Gasteiger charge is -2.09. The minimum Gasteiger partial charge on any atom is -0.494 e. The van der Waals surface area contributed by atoms with Gasteiger partial charge in [0.2, 0.25) is 0 Å². The normalized spacial score (nSPS) is 10.4. The molecule has 0 radical (unpaired) electrons. The van der Waals surface area contributed by atoms with Crippen LogP contribution in [0.5, 0.6) is 11.5 Å². The molecule has 2 rings (SSSR count). The Balaban J connectivity index is 1.71. The molecular weight excluding hydrogens is 269 g/mol. The third-order valence-corrected chi connectivity index (χ3v) is 3.08. The van der Waals surface area contributed by atoms with Gasteiger partial charge in [-0.1, -0.05) is 18.2 Å². The van der Waals surface area contributed by atoms with Gasteiger partial charge in [-0.2, -0.15) is 0 Å². The summed E-state index contributed by atoms with van der Waals surface area (Å²) in [5.41, 5.74) is 2.05. The molecule has 0 bridgehead atoms. The number of ether oxygens (including phenoxy) is 2. The summed E-state index contributed by atoms with van der Waals surface area (Å²) in [6, 6.07) is 12.9. The van der Waals surface area contributed by atoms with E-state index in [1.54, 1.807) is 6.07 Å². The molecular formula is C17H20FNO2. The van der Waals surface area contributed by atoms with Crippen molar-refractivity contribution in [3.63, 3.8) is 0 Å². The van der Waals surface area contributed by atoms with Crippen molar-refractivity contribution in [1.29, 1.82) is 0 Å². The fraction of sp³-hybridized carbons (Fsp3) is 0.294. The standard InChI is InChI=1S/C17H20FNO2/c1-13-4-3-5-15(10-13)21-9-8-19-12-14-6-7-17(20-2)16(18)11-14/h3-7,10-11,19H,8-9,12H2,1-2H3. The summed E-state index contributed by atoms with van der Waals surface area (Å²) < 4.78 is 24.0. The van der Waals surface area contributed by atoms with E-state index in [1.807, 2.05) is 37.3 Å². The summed E-state index contributed by atoms with van der Waals surface area (Å²) in [5, 5.41) is 3.22. The van der Waals surface area contributed by atoms with Crippen molar-refractivity contribution in [1.82, 2.24) is 5.32 Å². The van der Waals surface area contributed by atoms with Gasteiger partial charge < -0.3 is 14.8 Å². The number of aryl methyl sites for hydroxylation is 1. The molecule has 0 saturated heterocycles. The van der Waals surface area contributed by atoms with Gasteiger partial charge in [0.05, 0.1) is 7.11 Å². The van der Waals surface area contributed by atoms with Gasteiger partial charge in [-0.05, 0) is 42.3 Å². The molecule has 2 aromatic carbocycles. The largest absolute Gasteiger partial charge is 0.494 e.